The van der Waals surface area contributed by atoms with Crippen molar-refractivity contribution in [2.24, 2.45) is 0 Å². The fraction of sp³-hybridized carbons (Fsp3) is 0.421. The van der Waals surface area contributed by atoms with Crippen molar-refractivity contribution >= 4 is 27.2 Å². The van der Waals surface area contributed by atoms with E-state index in [-0.39, 0.29) is 35.0 Å². The number of nitrogen functional groups attached to an aromatic ring is 1. The molecule has 1 aromatic carbocycles. The first-order chi connectivity index (χ1) is 14.2. The Balaban J connectivity index is 1.75. The van der Waals surface area contributed by atoms with Gasteiger partial charge in [-0.2, -0.15) is 18.4 Å². The zero-order valence-corrected chi connectivity index (χ0v) is 17.7. The predicted octanol–water partition coefficient (Wildman–Crippen LogP) is 1.77. The second-order valence-electron chi connectivity index (χ2n) is 7.45. The summed E-state index contributed by atoms with van der Waals surface area (Å²) in [5.74, 6) is -0.393. The number of anilines is 1. The number of imidazole rings is 1. The van der Waals surface area contributed by atoms with Crippen LogP contribution in [-0.4, -0.2) is 45.8 Å². The molecule has 2 atom stereocenters. The van der Waals surface area contributed by atoms with Crippen LogP contribution in [0.15, 0.2) is 23.4 Å². The van der Waals surface area contributed by atoms with E-state index in [1.54, 1.807) is 30.5 Å². The Bertz CT molecular complexity index is 1200. The minimum absolute atomic E-state index is 0.0812. The number of nitrogens with two attached hydrogens (primary N) is 1. The molecule has 0 radical (unpaired) electrons. The van der Waals surface area contributed by atoms with E-state index >= 15 is 0 Å². The van der Waals surface area contributed by atoms with Gasteiger partial charge in [0, 0.05) is 0 Å². The zero-order valence-electron chi connectivity index (χ0n) is 16.9. The molecular weight excluding hydrogens is 410 g/mol. The maximum Gasteiger partial charge on any atom is 0.341 e. The van der Waals surface area contributed by atoms with E-state index in [1.807, 2.05) is 6.92 Å². The first-order valence-corrected chi connectivity index (χ1v) is 10.9. The van der Waals surface area contributed by atoms with E-state index in [0.717, 1.165) is 5.56 Å². The van der Waals surface area contributed by atoms with Gasteiger partial charge in [0.2, 0.25) is 5.95 Å². The minimum Gasteiger partial charge on any atom is -0.394 e. The van der Waals surface area contributed by atoms with Crippen molar-refractivity contribution < 1.29 is 22.4 Å². The predicted molar refractivity (Wildman–Crippen MR) is 108 cm³/mol. The van der Waals surface area contributed by atoms with E-state index < -0.39 is 16.3 Å². The van der Waals surface area contributed by atoms with Gasteiger partial charge in [-0.1, -0.05) is 17.7 Å². The molecule has 3 aromatic rings. The van der Waals surface area contributed by atoms with Gasteiger partial charge >= 0.3 is 10.1 Å². The number of hydrogen-bond acceptors (Lipinski definition) is 9. The average Bonchev–Trinajstić information content (AvgIpc) is 3.26. The Hall–Kier alpha value is -2.76. The monoisotopic (exact) mass is 433 g/mol. The molecule has 1 fully saturated rings. The first-order valence-electron chi connectivity index (χ1n) is 9.48. The number of hydrogen-bond donors (Lipinski definition) is 2. The van der Waals surface area contributed by atoms with Crippen LogP contribution in [0.25, 0.3) is 11.2 Å². The van der Waals surface area contributed by atoms with E-state index in [9.17, 15) is 13.5 Å². The standard InChI is InChI=1S/C19H23N5O5S/c1-10-6-11(2)16(12(3)7-10)30(26,27)29-18-15-17(22-19(20)23-18)24(9-21-15)14-5-4-13(8-25)28-14/h6-7,9,13-14,25H,4-5,8H2,1-3H3,(H2,20,22,23)/t13-,14+/m0/s1. The molecule has 4 rings (SSSR count). The maximum absolute atomic E-state index is 13.0. The van der Waals surface area contributed by atoms with Gasteiger partial charge < -0.3 is 19.8 Å². The van der Waals surface area contributed by atoms with E-state index in [4.69, 9.17) is 14.7 Å². The van der Waals surface area contributed by atoms with E-state index in [0.29, 0.717) is 29.6 Å². The van der Waals surface area contributed by atoms with Crippen molar-refractivity contribution in [3.05, 3.63) is 35.2 Å². The summed E-state index contributed by atoms with van der Waals surface area (Å²) < 4.78 is 38.9. The number of aliphatic hydroxyl groups excluding tert-OH is 1. The second-order valence-corrected chi connectivity index (χ2v) is 8.93. The van der Waals surface area contributed by atoms with Gasteiger partial charge in [-0.05, 0) is 44.7 Å². The highest BCUT2D eigenvalue weighted by atomic mass is 32.2. The molecule has 30 heavy (non-hydrogen) atoms. The quantitative estimate of drug-likeness (QED) is 0.575. The Kier molecular flexibility index (Phi) is 5.12. The summed E-state index contributed by atoms with van der Waals surface area (Å²) in [5.41, 5.74) is 8.38. The molecule has 1 aliphatic heterocycles. The molecule has 3 N–H and O–H groups in total. The van der Waals surface area contributed by atoms with Crippen LogP contribution in [0.1, 0.15) is 35.8 Å². The van der Waals surface area contributed by atoms with Crippen molar-refractivity contribution in [2.75, 3.05) is 12.3 Å². The van der Waals surface area contributed by atoms with Crippen molar-refractivity contribution in [1.29, 1.82) is 0 Å². The molecular formula is C19H23N5O5S. The van der Waals surface area contributed by atoms with Crippen LogP contribution >= 0.6 is 0 Å². The molecule has 1 saturated heterocycles. The lowest BCUT2D eigenvalue weighted by molar-refractivity contribution is -0.0207. The van der Waals surface area contributed by atoms with Crippen LogP contribution in [0.5, 0.6) is 5.88 Å². The van der Waals surface area contributed by atoms with Gasteiger partial charge in [-0.15, -0.1) is 0 Å². The van der Waals surface area contributed by atoms with Crippen molar-refractivity contribution in [3.63, 3.8) is 0 Å². The summed E-state index contributed by atoms with van der Waals surface area (Å²) in [4.78, 5) is 12.5. The molecule has 0 bridgehead atoms. The Morgan fingerprint density at radius 1 is 1.23 bits per heavy atom. The molecule has 3 heterocycles. The highest BCUT2D eigenvalue weighted by Crippen LogP contribution is 2.33. The van der Waals surface area contributed by atoms with E-state index in [2.05, 4.69) is 15.0 Å². The molecule has 0 spiro atoms. The molecule has 160 valence electrons. The summed E-state index contributed by atoms with van der Waals surface area (Å²) in [6.07, 6.45) is 2.15. The number of aromatic nitrogens is 4. The van der Waals surface area contributed by atoms with Crippen LogP contribution in [0.3, 0.4) is 0 Å². The molecule has 11 heteroatoms. The van der Waals surface area contributed by atoms with E-state index in [1.165, 1.54) is 6.33 Å². The third kappa shape index (κ3) is 3.59. The molecule has 1 aliphatic rings. The smallest absolute Gasteiger partial charge is 0.341 e. The third-order valence-corrected chi connectivity index (χ3v) is 6.57. The van der Waals surface area contributed by atoms with Crippen LogP contribution < -0.4 is 9.92 Å². The number of rotatable bonds is 5. The number of ether oxygens (including phenoxy) is 1. The van der Waals surface area contributed by atoms with Crippen molar-refractivity contribution in [3.8, 4) is 5.88 Å². The van der Waals surface area contributed by atoms with Gasteiger partial charge in [0.15, 0.2) is 11.2 Å². The Labute approximate surface area is 173 Å². The number of nitrogens with zero attached hydrogens (tertiary/aromatic N) is 4. The first kappa shape index (κ1) is 20.5. The lowest BCUT2D eigenvalue weighted by Gasteiger charge is -2.15. The van der Waals surface area contributed by atoms with Crippen LogP contribution in [-0.2, 0) is 14.9 Å². The zero-order chi connectivity index (χ0) is 21.6. The van der Waals surface area contributed by atoms with Crippen LogP contribution in [0.4, 0.5) is 5.95 Å². The van der Waals surface area contributed by atoms with Crippen LogP contribution in [0, 0.1) is 20.8 Å². The number of fused-ring (bicyclic) bond motifs is 1. The molecule has 0 unspecified atom stereocenters. The SMILES string of the molecule is Cc1cc(C)c(S(=O)(=O)Oc2nc(N)nc3c2ncn3[C@H]2CC[C@@H](CO)O2)c(C)c1. The number of aryl methyl sites for hydroxylation is 3. The molecule has 2 aromatic heterocycles. The van der Waals surface area contributed by atoms with Gasteiger partial charge in [-0.3, -0.25) is 4.57 Å². The lowest BCUT2D eigenvalue weighted by atomic mass is 10.1. The summed E-state index contributed by atoms with van der Waals surface area (Å²) >= 11 is 0. The second kappa shape index (κ2) is 7.49. The Morgan fingerprint density at radius 3 is 2.57 bits per heavy atom. The topological polar surface area (TPSA) is 142 Å². The normalized spacial score (nSPS) is 19.5. The number of benzene rings is 1. The largest absolute Gasteiger partial charge is 0.394 e. The highest BCUT2D eigenvalue weighted by molar-refractivity contribution is 7.87. The average molecular weight is 433 g/mol. The maximum atomic E-state index is 13.0. The Morgan fingerprint density at radius 2 is 1.93 bits per heavy atom. The van der Waals surface area contributed by atoms with Crippen molar-refractivity contribution in [1.82, 2.24) is 19.5 Å². The fourth-order valence-corrected chi connectivity index (χ4v) is 5.22. The van der Waals surface area contributed by atoms with Gasteiger partial charge in [-0.25, -0.2) is 4.98 Å². The summed E-state index contributed by atoms with van der Waals surface area (Å²) in [5, 5.41) is 9.30. The van der Waals surface area contributed by atoms with Gasteiger partial charge in [0.1, 0.15) is 11.1 Å². The fourth-order valence-electron chi connectivity index (χ4n) is 3.91. The van der Waals surface area contributed by atoms with Gasteiger partial charge in [0.05, 0.1) is 19.0 Å². The summed E-state index contributed by atoms with van der Waals surface area (Å²) in [7, 11) is -4.18. The highest BCUT2D eigenvalue weighted by Gasteiger charge is 2.30. The number of aliphatic hydroxyl groups is 1. The van der Waals surface area contributed by atoms with Gasteiger partial charge in [0.25, 0.3) is 5.88 Å². The molecule has 0 amide bonds. The minimum atomic E-state index is -4.18. The van der Waals surface area contributed by atoms with Crippen molar-refractivity contribution in [2.45, 2.75) is 50.8 Å². The summed E-state index contributed by atoms with van der Waals surface area (Å²) in [6.45, 7) is 5.24. The molecule has 0 saturated carbocycles. The lowest BCUT2D eigenvalue weighted by Crippen LogP contribution is -2.16. The molecule has 0 aliphatic carbocycles. The molecule has 10 nitrogen and oxygen atoms in total. The third-order valence-electron chi connectivity index (χ3n) is 5.05. The van der Waals surface area contributed by atoms with Crippen LogP contribution in [0.2, 0.25) is 0 Å². The summed E-state index contributed by atoms with van der Waals surface area (Å²) in [6, 6.07) is 3.55.